The third-order valence-corrected chi connectivity index (χ3v) is 3.26. The van der Waals surface area contributed by atoms with E-state index in [0.717, 1.165) is 11.1 Å². The average molecular weight is 280 g/mol. The largest absolute Gasteiger partial charge is 0.478 e. The molecule has 0 atom stereocenters. The van der Waals surface area contributed by atoms with E-state index in [1.165, 1.54) is 12.1 Å². The SMILES string of the molecule is Cc1ccc(C(=O)c2cc3cc(C(=O)O)ccc3[nH]2)nc1. The molecule has 0 aliphatic heterocycles. The Hall–Kier alpha value is -2.95. The number of aromatic amines is 1. The van der Waals surface area contributed by atoms with Crippen LogP contribution in [-0.2, 0) is 0 Å². The number of carbonyl (C=O) groups is 2. The summed E-state index contributed by atoms with van der Waals surface area (Å²) in [6.45, 7) is 1.90. The summed E-state index contributed by atoms with van der Waals surface area (Å²) in [4.78, 5) is 30.4. The molecule has 0 aliphatic rings. The highest BCUT2D eigenvalue weighted by Crippen LogP contribution is 2.19. The minimum absolute atomic E-state index is 0.189. The van der Waals surface area contributed by atoms with Crippen LogP contribution < -0.4 is 0 Å². The van der Waals surface area contributed by atoms with Gasteiger partial charge in [0.05, 0.1) is 11.3 Å². The second kappa shape index (κ2) is 4.86. The lowest BCUT2D eigenvalue weighted by atomic mass is 10.1. The summed E-state index contributed by atoms with van der Waals surface area (Å²) in [6, 6.07) is 9.83. The maximum absolute atomic E-state index is 12.3. The molecular weight excluding hydrogens is 268 g/mol. The molecule has 21 heavy (non-hydrogen) atoms. The van der Waals surface area contributed by atoms with Crippen molar-refractivity contribution < 1.29 is 14.7 Å². The summed E-state index contributed by atoms with van der Waals surface area (Å²) in [6.07, 6.45) is 1.64. The first-order valence-corrected chi connectivity index (χ1v) is 6.38. The van der Waals surface area contributed by atoms with E-state index in [9.17, 15) is 9.59 Å². The van der Waals surface area contributed by atoms with E-state index in [4.69, 9.17) is 5.11 Å². The lowest BCUT2D eigenvalue weighted by Gasteiger charge is -1.97. The van der Waals surface area contributed by atoms with Crippen molar-refractivity contribution in [1.82, 2.24) is 9.97 Å². The Morgan fingerprint density at radius 1 is 1.14 bits per heavy atom. The van der Waals surface area contributed by atoms with Crippen molar-refractivity contribution in [3.63, 3.8) is 0 Å². The van der Waals surface area contributed by atoms with Crippen LogP contribution in [0.1, 0.15) is 32.1 Å². The molecule has 2 aromatic heterocycles. The molecule has 0 spiro atoms. The standard InChI is InChI=1S/C16H12N2O3/c1-9-2-4-13(17-8-9)15(19)14-7-11-6-10(16(20)21)3-5-12(11)18-14/h2-8,18H,1H3,(H,20,21). The van der Waals surface area contributed by atoms with E-state index in [-0.39, 0.29) is 11.3 Å². The van der Waals surface area contributed by atoms with Crippen molar-refractivity contribution >= 4 is 22.7 Å². The Balaban J connectivity index is 2.02. The number of pyridine rings is 1. The molecule has 0 unspecified atom stereocenters. The molecule has 3 aromatic rings. The summed E-state index contributed by atoms with van der Waals surface area (Å²) < 4.78 is 0. The zero-order valence-corrected chi connectivity index (χ0v) is 11.3. The number of nitrogens with zero attached hydrogens (tertiary/aromatic N) is 1. The van der Waals surface area contributed by atoms with Crippen molar-refractivity contribution in [3.05, 3.63) is 65.1 Å². The van der Waals surface area contributed by atoms with E-state index in [1.807, 2.05) is 13.0 Å². The molecule has 0 aliphatic carbocycles. The van der Waals surface area contributed by atoms with Crippen LogP contribution in [0.3, 0.4) is 0 Å². The topological polar surface area (TPSA) is 83.0 Å². The predicted molar refractivity (Wildman–Crippen MR) is 77.7 cm³/mol. The van der Waals surface area contributed by atoms with Gasteiger partial charge in [-0.15, -0.1) is 0 Å². The molecule has 0 amide bonds. The molecule has 0 fully saturated rings. The van der Waals surface area contributed by atoms with Gasteiger partial charge in [0.15, 0.2) is 0 Å². The fourth-order valence-electron chi connectivity index (χ4n) is 2.13. The number of carboxylic acids is 1. The van der Waals surface area contributed by atoms with Gasteiger partial charge >= 0.3 is 5.97 Å². The normalized spacial score (nSPS) is 10.7. The summed E-state index contributed by atoms with van der Waals surface area (Å²) in [5.41, 5.74) is 2.63. The van der Waals surface area contributed by atoms with Crippen molar-refractivity contribution in [2.45, 2.75) is 6.92 Å². The van der Waals surface area contributed by atoms with Gasteiger partial charge in [0, 0.05) is 17.1 Å². The first kappa shape index (κ1) is 13.1. The number of carbonyl (C=O) groups excluding carboxylic acids is 1. The number of ketones is 1. The van der Waals surface area contributed by atoms with Gasteiger partial charge in [-0.25, -0.2) is 4.79 Å². The molecule has 1 aromatic carbocycles. The van der Waals surface area contributed by atoms with Crippen molar-refractivity contribution in [2.75, 3.05) is 0 Å². The Bertz CT molecular complexity index is 848. The molecule has 0 radical (unpaired) electrons. The van der Waals surface area contributed by atoms with Crippen LogP contribution in [0, 0.1) is 6.92 Å². The molecule has 2 N–H and O–H groups in total. The molecule has 0 bridgehead atoms. The van der Waals surface area contributed by atoms with Crippen molar-refractivity contribution in [2.24, 2.45) is 0 Å². The number of H-pyrrole nitrogens is 1. The highest BCUT2D eigenvalue weighted by atomic mass is 16.4. The first-order chi connectivity index (χ1) is 10.0. The van der Waals surface area contributed by atoms with Crippen LogP contribution in [0.15, 0.2) is 42.6 Å². The van der Waals surface area contributed by atoms with Gasteiger partial charge in [-0.1, -0.05) is 6.07 Å². The Labute approximate surface area is 120 Å². The van der Waals surface area contributed by atoms with Gasteiger partial charge in [-0.3, -0.25) is 9.78 Å². The van der Waals surface area contributed by atoms with Gasteiger partial charge in [-0.2, -0.15) is 0 Å². The van der Waals surface area contributed by atoms with E-state index < -0.39 is 5.97 Å². The fourth-order valence-corrected chi connectivity index (χ4v) is 2.13. The summed E-state index contributed by atoms with van der Waals surface area (Å²) in [7, 11) is 0. The highest BCUT2D eigenvalue weighted by Gasteiger charge is 2.14. The van der Waals surface area contributed by atoms with Crippen LogP contribution in [0.4, 0.5) is 0 Å². The molecule has 0 saturated carbocycles. The summed E-state index contributed by atoms with van der Waals surface area (Å²) in [5, 5.41) is 9.66. The summed E-state index contributed by atoms with van der Waals surface area (Å²) >= 11 is 0. The predicted octanol–water partition coefficient (Wildman–Crippen LogP) is 2.80. The maximum atomic E-state index is 12.3. The minimum Gasteiger partial charge on any atom is -0.478 e. The van der Waals surface area contributed by atoms with Gasteiger partial charge in [0.25, 0.3) is 0 Å². The van der Waals surface area contributed by atoms with Gasteiger partial charge in [0.2, 0.25) is 5.78 Å². The van der Waals surface area contributed by atoms with Crippen LogP contribution in [0.5, 0.6) is 0 Å². The second-order valence-electron chi connectivity index (χ2n) is 4.84. The number of aromatic nitrogens is 2. The number of fused-ring (bicyclic) bond motifs is 1. The molecular formula is C16H12N2O3. The molecule has 2 heterocycles. The van der Waals surface area contributed by atoms with Gasteiger partial charge in [-0.05, 0) is 42.8 Å². The lowest BCUT2D eigenvalue weighted by molar-refractivity contribution is 0.0697. The monoisotopic (exact) mass is 280 g/mol. The Morgan fingerprint density at radius 2 is 1.95 bits per heavy atom. The zero-order chi connectivity index (χ0) is 15.0. The van der Waals surface area contributed by atoms with E-state index >= 15 is 0 Å². The molecule has 5 nitrogen and oxygen atoms in total. The van der Waals surface area contributed by atoms with Crippen molar-refractivity contribution in [1.29, 1.82) is 0 Å². The van der Waals surface area contributed by atoms with Gasteiger partial charge in [0.1, 0.15) is 5.69 Å². The Morgan fingerprint density at radius 3 is 2.62 bits per heavy atom. The number of hydrogen-bond acceptors (Lipinski definition) is 3. The molecule has 3 rings (SSSR count). The summed E-state index contributed by atoms with van der Waals surface area (Å²) in [5.74, 6) is -1.21. The minimum atomic E-state index is -0.994. The van der Waals surface area contributed by atoms with E-state index in [1.54, 1.807) is 24.4 Å². The molecule has 104 valence electrons. The lowest BCUT2D eigenvalue weighted by Crippen LogP contribution is -2.04. The van der Waals surface area contributed by atoms with Crippen LogP contribution in [-0.4, -0.2) is 26.8 Å². The average Bonchev–Trinajstić information content (AvgIpc) is 2.90. The number of aryl methyl sites for hydroxylation is 1. The third-order valence-electron chi connectivity index (χ3n) is 3.26. The molecule has 0 saturated heterocycles. The second-order valence-corrected chi connectivity index (χ2v) is 4.84. The fraction of sp³-hybridized carbons (Fsp3) is 0.0625. The smallest absolute Gasteiger partial charge is 0.335 e. The number of hydrogen-bond donors (Lipinski definition) is 2. The van der Waals surface area contributed by atoms with Crippen LogP contribution in [0.2, 0.25) is 0 Å². The van der Waals surface area contributed by atoms with Crippen LogP contribution >= 0.6 is 0 Å². The number of benzene rings is 1. The number of carboxylic acid groups (broad SMARTS) is 1. The zero-order valence-electron chi connectivity index (χ0n) is 11.3. The first-order valence-electron chi connectivity index (χ1n) is 6.38. The Kier molecular flexibility index (Phi) is 3.02. The van der Waals surface area contributed by atoms with E-state index in [2.05, 4.69) is 9.97 Å². The third kappa shape index (κ3) is 2.41. The maximum Gasteiger partial charge on any atom is 0.335 e. The van der Waals surface area contributed by atoms with Crippen molar-refractivity contribution in [3.8, 4) is 0 Å². The van der Waals surface area contributed by atoms with E-state index in [0.29, 0.717) is 16.8 Å². The molecule has 5 heteroatoms. The number of aromatic carboxylic acids is 1. The quantitative estimate of drug-likeness (QED) is 0.723. The highest BCUT2D eigenvalue weighted by molar-refractivity contribution is 6.09. The van der Waals surface area contributed by atoms with Crippen LogP contribution in [0.25, 0.3) is 10.9 Å². The van der Waals surface area contributed by atoms with Gasteiger partial charge < -0.3 is 10.1 Å². The number of nitrogens with one attached hydrogen (secondary N) is 1. The number of rotatable bonds is 3.